The minimum absolute atomic E-state index is 0.0685. The molecule has 4 rings (SSSR count). The molecule has 3 aromatic rings. The fourth-order valence-electron chi connectivity index (χ4n) is 3.04. The summed E-state index contributed by atoms with van der Waals surface area (Å²) in [5.41, 5.74) is 0.658. The molecule has 0 spiro atoms. The standard InChI is InChI=1S/C15H16F3N9/c1-2-19-13-10(15(16,17)18)6-20-14(24-13)23-11-7-22-27-8-9(5-12(11)27)26-4-3-21-25-26/h3-4,6-7,9H,2,5,8H2,1H3,(H2,19,20,23,24)/t9-/m0/s1. The molecule has 0 aromatic carbocycles. The van der Waals surface area contributed by atoms with Gasteiger partial charge < -0.3 is 10.6 Å². The molecule has 12 heteroatoms. The summed E-state index contributed by atoms with van der Waals surface area (Å²) in [6, 6.07) is 0.0857. The smallest absolute Gasteiger partial charge is 0.370 e. The molecule has 142 valence electrons. The summed E-state index contributed by atoms with van der Waals surface area (Å²) < 4.78 is 42.8. The molecule has 2 N–H and O–H groups in total. The van der Waals surface area contributed by atoms with E-state index in [1.165, 1.54) is 0 Å². The molecule has 0 amide bonds. The number of alkyl halides is 3. The quantitative estimate of drug-likeness (QED) is 0.702. The van der Waals surface area contributed by atoms with E-state index >= 15 is 0 Å². The van der Waals surface area contributed by atoms with Crippen molar-refractivity contribution in [2.75, 3.05) is 17.2 Å². The summed E-state index contributed by atoms with van der Waals surface area (Å²) in [5, 5.41) is 17.7. The topological polar surface area (TPSA) is 98.4 Å². The minimum atomic E-state index is -4.53. The van der Waals surface area contributed by atoms with Gasteiger partial charge in [0.1, 0.15) is 11.4 Å². The Morgan fingerprint density at radius 2 is 2.15 bits per heavy atom. The van der Waals surface area contributed by atoms with Crippen molar-refractivity contribution in [3.05, 3.63) is 36.0 Å². The van der Waals surface area contributed by atoms with Crippen LogP contribution in [0.3, 0.4) is 0 Å². The average molecular weight is 379 g/mol. The van der Waals surface area contributed by atoms with E-state index in [-0.39, 0.29) is 17.8 Å². The maximum atomic E-state index is 13.1. The van der Waals surface area contributed by atoms with Crippen molar-refractivity contribution in [2.24, 2.45) is 0 Å². The molecule has 0 saturated heterocycles. The van der Waals surface area contributed by atoms with E-state index in [0.29, 0.717) is 25.2 Å². The highest BCUT2D eigenvalue weighted by molar-refractivity contribution is 5.59. The van der Waals surface area contributed by atoms with Crippen LogP contribution in [-0.2, 0) is 19.1 Å². The molecule has 1 aliphatic rings. The molecule has 3 aromatic heterocycles. The number of hydrogen-bond donors (Lipinski definition) is 2. The highest BCUT2D eigenvalue weighted by atomic mass is 19.4. The molecular weight excluding hydrogens is 363 g/mol. The van der Waals surface area contributed by atoms with Crippen LogP contribution in [0, 0.1) is 0 Å². The van der Waals surface area contributed by atoms with E-state index in [1.807, 2.05) is 4.68 Å². The van der Waals surface area contributed by atoms with E-state index in [0.717, 1.165) is 11.9 Å². The molecule has 0 radical (unpaired) electrons. The van der Waals surface area contributed by atoms with Crippen LogP contribution in [0.15, 0.2) is 24.8 Å². The van der Waals surface area contributed by atoms with Crippen molar-refractivity contribution in [1.29, 1.82) is 0 Å². The molecule has 1 atom stereocenters. The summed E-state index contributed by atoms with van der Waals surface area (Å²) in [6.45, 7) is 2.64. The summed E-state index contributed by atoms with van der Waals surface area (Å²) in [5.74, 6) is -0.189. The molecule has 1 aliphatic heterocycles. The third-order valence-electron chi connectivity index (χ3n) is 4.26. The van der Waals surface area contributed by atoms with Gasteiger partial charge in [-0.05, 0) is 6.92 Å². The molecule has 0 saturated carbocycles. The van der Waals surface area contributed by atoms with Crippen molar-refractivity contribution < 1.29 is 13.2 Å². The first-order valence-corrected chi connectivity index (χ1v) is 8.31. The Kier molecular flexibility index (Phi) is 4.16. The van der Waals surface area contributed by atoms with Crippen LogP contribution in [-0.4, -0.2) is 41.3 Å². The lowest BCUT2D eigenvalue weighted by atomic mass is 10.2. The highest BCUT2D eigenvalue weighted by Gasteiger charge is 2.35. The van der Waals surface area contributed by atoms with E-state index in [9.17, 15) is 13.2 Å². The molecule has 0 unspecified atom stereocenters. The van der Waals surface area contributed by atoms with E-state index in [1.54, 1.807) is 30.2 Å². The molecule has 0 bridgehead atoms. The first-order chi connectivity index (χ1) is 13.0. The van der Waals surface area contributed by atoms with Crippen LogP contribution in [0.4, 0.5) is 30.6 Å². The van der Waals surface area contributed by atoms with Gasteiger partial charge in [0.25, 0.3) is 0 Å². The van der Waals surface area contributed by atoms with Crippen molar-refractivity contribution in [3.8, 4) is 0 Å². The maximum absolute atomic E-state index is 13.1. The summed E-state index contributed by atoms with van der Waals surface area (Å²) in [7, 11) is 0. The van der Waals surface area contributed by atoms with E-state index < -0.39 is 11.7 Å². The SMILES string of the molecule is CCNc1nc(Nc2cnn3c2C[C@H](n2ccnn2)C3)ncc1C(F)(F)F. The number of nitrogens with zero attached hydrogens (tertiary/aromatic N) is 7. The fraction of sp³-hybridized carbons (Fsp3) is 0.400. The number of aromatic nitrogens is 7. The van der Waals surface area contributed by atoms with E-state index in [4.69, 9.17) is 0 Å². The minimum Gasteiger partial charge on any atom is -0.370 e. The predicted molar refractivity (Wildman–Crippen MR) is 89.5 cm³/mol. The lowest BCUT2D eigenvalue weighted by molar-refractivity contribution is -0.137. The van der Waals surface area contributed by atoms with E-state index in [2.05, 4.69) is 36.0 Å². The largest absolute Gasteiger partial charge is 0.421 e. The lowest BCUT2D eigenvalue weighted by Crippen LogP contribution is -2.14. The van der Waals surface area contributed by atoms with Gasteiger partial charge >= 0.3 is 6.18 Å². The number of rotatable bonds is 5. The Balaban J connectivity index is 1.57. The summed E-state index contributed by atoms with van der Waals surface area (Å²) >= 11 is 0. The molecular formula is C15H16F3N9. The van der Waals surface area contributed by atoms with Gasteiger partial charge in [-0.3, -0.25) is 4.68 Å². The molecule has 9 nitrogen and oxygen atoms in total. The number of halogens is 3. The molecule has 27 heavy (non-hydrogen) atoms. The number of fused-ring (bicyclic) bond motifs is 1. The van der Waals surface area contributed by atoms with Gasteiger partial charge in [-0.2, -0.15) is 23.3 Å². The van der Waals surface area contributed by atoms with Crippen LogP contribution in [0.5, 0.6) is 0 Å². The Morgan fingerprint density at radius 1 is 1.30 bits per heavy atom. The third-order valence-corrected chi connectivity index (χ3v) is 4.26. The molecule has 0 fully saturated rings. The summed E-state index contributed by atoms with van der Waals surface area (Å²) in [6.07, 6.45) is 1.91. The number of hydrogen-bond acceptors (Lipinski definition) is 7. The Labute approximate surface area is 151 Å². The van der Waals surface area contributed by atoms with Crippen LogP contribution >= 0.6 is 0 Å². The van der Waals surface area contributed by atoms with Crippen molar-refractivity contribution in [3.63, 3.8) is 0 Å². The second kappa shape index (κ2) is 6.52. The van der Waals surface area contributed by atoms with Gasteiger partial charge in [0.05, 0.1) is 36.4 Å². The van der Waals surface area contributed by atoms with Crippen molar-refractivity contribution in [2.45, 2.75) is 32.1 Å². The molecule has 4 heterocycles. The normalized spacial score (nSPS) is 16.4. The second-order valence-corrected chi connectivity index (χ2v) is 6.04. The lowest BCUT2D eigenvalue weighted by Gasteiger charge is -2.14. The summed E-state index contributed by atoms with van der Waals surface area (Å²) in [4.78, 5) is 7.79. The predicted octanol–water partition coefficient (Wildman–Crippen LogP) is 2.26. The Hall–Kier alpha value is -3.18. The van der Waals surface area contributed by atoms with Crippen LogP contribution in [0.25, 0.3) is 0 Å². The maximum Gasteiger partial charge on any atom is 0.421 e. The third kappa shape index (κ3) is 3.29. The zero-order chi connectivity index (χ0) is 19.0. The van der Waals surface area contributed by atoms with Crippen molar-refractivity contribution >= 4 is 17.5 Å². The van der Waals surface area contributed by atoms with Gasteiger partial charge in [0.2, 0.25) is 5.95 Å². The Morgan fingerprint density at radius 3 is 2.85 bits per heavy atom. The van der Waals surface area contributed by atoms with Crippen LogP contribution in [0.2, 0.25) is 0 Å². The fourth-order valence-corrected chi connectivity index (χ4v) is 3.04. The molecule has 0 aliphatic carbocycles. The van der Waals surface area contributed by atoms with Gasteiger partial charge in [0.15, 0.2) is 0 Å². The first-order valence-electron chi connectivity index (χ1n) is 8.31. The first kappa shape index (κ1) is 17.2. The zero-order valence-corrected chi connectivity index (χ0v) is 14.3. The van der Waals surface area contributed by atoms with Gasteiger partial charge in [-0.1, -0.05) is 5.21 Å². The monoisotopic (exact) mass is 379 g/mol. The van der Waals surface area contributed by atoms with Gasteiger partial charge in [-0.15, -0.1) is 5.10 Å². The van der Waals surface area contributed by atoms with Crippen LogP contribution in [0.1, 0.15) is 24.2 Å². The van der Waals surface area contributed by atoms with Crippen molar-refractivity contribution in [1.82, 2.24) is 34.7 Å². The van der Waals surface area contributed by atoms with Gasteiger partial charge in [-0.25, -0.2) is 9.67 Å². The van der Waals surface area contributed by atoms with Gasteiger partial charge in [0, 0.05) is 25.4 Å². The highest BCUT2D eigenvalue weighted by Crippen LogP contribution is 2.35. The number of anilines is 3. The average Bonchev–Trinajstić information content (AvgIpc) is 3.32. The second-order valence-electron chi connectivity index (χ2n) is 6.04. The zero-order valence-electron chi connectivity index (χ0n) is 14.3. The Bertz CT molecular complexity index is 933. The van der Waals surface area contributed by atoms with Crippen LogP contribution < -0.4 is 10.6 Å². The number of nitrogens with one attached hydrogen (secondary N) is 2.